The summed E-state index contributed by atoms with van der Waals surface area (Å²) < 4.78 is 2.13. The summed E-state index contributed by atoms with van der Waals surface area (Å²) in [5, 5.41) is 21.2. The Balaban J connectivity index is 1.51. The van der Waals surface area contributed by atoms with Crippen LogP contribution in [0.1, 0.15) is 42.6 Å². The zero-order valence-corrected chi connectivity index (χ0v) is 16.9. The first-order valence-corrected chi connectivity index (χ1v) is 10.5. The van der Waals surface area contributed by atoms with Gasteiger partial charge in [-0.3, -0.25) is 4.79 Å². The van der Waals surface area contributed by atoms with Crippen LogP contribution in [-0.4, -0.2) is 25.9 Å². The van der Waals surface area contributed by atoms with Gasteiger partial charge in [0.1, 0.15) is 11.9 Å². The van der Waals surface area contributed by atoms with Crippen molar-refractivity contribution < 1.29 is 4.79 Å². The molecule has 1 aliphatic carbocycles. The topological polar surface area (TPSA) is 83.6 Å². The molecule has 0 saturated heterocycles. The van der Waals surface area contributed by atoms with E-state index >= 15 is 0 Å². The number of rotatable bonds is 7. The lowest BCUT2D eigenvalue weighted by Gasteiger charge is -2.14. The van der Waals surface area contributed by atoms with Crippen LogP contribution in [0.25, 0.3) is 0 Å². The average Bonchev–Trinajstić information content (AvgIpc) is 3.52. The number of carbonyl (C=O) groups is 1. The average molecular weight is 404 g/mol. The molecule has 1 saturated carbocycles. The molecule has 0 unspecified atom stereocenters. The lowest BCUT2D eigenvalue weighted by Crippen LogP contribution is -2.23. The molecule has 7 heteroatoms. The second-order valence-electron chi connectivity index (χ2n) is 7.09. The zero-order chi connectivity index (χ0) is 20.2. The Bertz CT molecular complexity index is 1050. The molecule has 4 rings (SSSR count). The van der Waals surface area contributed by atoms with E-state index in [1.165, 1.54) is 17.3 Å². The van der Waals surface area contributed by atoms with Crippen molar-refractivity contribution in [1.29, 1.82) is 5.26 Å². The minimum atomic E-state index is -0.382. The molecule has 0 bridgehead atoms. The molecule has 6 nitrogen and oxygen atoms in total. The monoisotopic (exact) mass is 403 g/mol. The van der Waals surface area contributed by atoms with E-state index in [1.807, 2.05) is 25.1 Å². The van der Waals surface area contributed by atoms with Crippen LogP contribution in [0.4, 0.5) is 5.69 Å². The van der Waals surface area contributed by atoms with E-state index in [0.717, 1.165) is 23.8 Å². The molecular formula is C22H21N5OS. The summed E-state index contributed by atoms with van der Waals surface area (Å²) in [5.41, 5.74) is 2.15. The van der Waals surface area contributed by atoms with E-state index in [0.29, 0.717) is 23.7 Å². The fraction of sp³-hybridized carbons (Fsp3) is 0.273. The Hall–Kier alpha value is -3.11. The standard InChI is InChI=1S/C22H21N5OS/c1-15(21(28)24-19-10-6-5-9-18(19)13-23)29-22-26-25-20(17-11-12-17)27(22)14-16-7-3-2-4-8-16/h2-10,15,17H,11-12,14H2,1H3,(H,24,28)/t15-/m0/s1. The number of anilines is 1. The molecule has 146 valence electrons. The molecule has 1 amide bonds. The van der Waals surface area contributed by atoms with Gasteiger partial charge in [-0.15, -0.1) is 10.2 Å². The van der Waals surface area contributed by atoms with E-state index in [9.17, 15) is 10.1 Å². The summed E-state index contributed by atoms with van der Waals surface area (Å²) in [5.74, 6) is 1.30. The lowest BCUT2D eigenvalue weighted by molar-refractivity contribution is -0.115. The van der Waals surface area contributed by atoms with E-state index < -0.39 is 0 Å². The van der Waals surface area contributed by atoms with Crippen LogP contribution in [-0.2, 0) is 11.3 Å². The summed E-state index contributed by atoms with van der Waals surface area (Å²) in [6, 6.07) is 19.3. The molecule has 1 aliphatic rings. The van der Waals surface area contributed by atoms with E-state index in [2.05, 4.69) is 38.3 Å². The number of carbonyl (C=O) groups excluding carboxylic acids is 1. The summed E-state index contributed by atoms with van der Waals surface area (Å²) >= 11 is 1.39. The molecule has 1 heterocycles. The number of aromatic nitrogens is 3. The van der Waals surface area contributed by atoms with Crippen molar-refractivity contribution in [3.8, 4) is 6.07 Å². The van der Waals surface area contributed by atoms with E-state index in [-0.39, 0.29) is 11.2 Å². The Morgan fingerprint density at radius 1 is 1.21 bits per heavy atom. The predicted molar refractivity (Wildman–Crippen MR) is 113 cm³/mol. The Kier molecular flexibility index (Phi) is 5.63. The van der Waals surface area contributed by atoms with Crippen molar-refractivity contribution >= 4 is 23.4 Å². The minimum absolute atomic E-state index is 0.167. The van der Waals surface area contributed by atoms with Gasteiger partial charge in [0, 0.05) is 5.92 Å². The molecule has 1 fully saturated rings. The highest BCUT2D eigenvalue weighted by Crippen LogP contribution is 2.40. The first kappa shape index (κ1) is 19.2. The Morgan fingerprint density at radius 2 is 1.93 bits per heavy atom. The second-order valence-corrected chi connectivity index (χ2v) is 8.40. The first-order chi connectivity index (χ1) is 14.2. The van der Waals surface area contributed by atoms with Crippen molar-refractivity contribution in [2.45, 2.75) is 42.6 Å². The number of amides is 1. The molecule has 1 aromatic heterocycles. The van der Waals surface area contributed by atoms with Gasteiger partial charge in [0.25, 0.3) is 0 Å². The van der Waals surface area contributed by atoms with Crippen LogP contribution in [0.15, 0.2) is 59.8 Å². The fourth-order valence-electron chi connectivity index (χ4n) is 3.08. The number of thioether (sulfide) groups is 1. The van der Waals surface area contributed by atoms with Crippen molar-refractivity contribution in [3.05, 3.63) is 71.5 Å². The van der Waals surface area contributed by atoms with Gasteiger partial charge in [-0.2, -0.15) is 5.26 Å². The van der Waals surface area contributed by atoms with Gasteiger partial charge < -0.3 is 9.88 Å². The third-order valence-corrected chi connectivity index (χ3v) is 5.91. The molecule has 0 spiro atoms. The van der Waals surface area contributed by atoms with Gasteiger partial charge in [0.15, 0.2) is 5.16 Å². The summed E-state index contributed by atoms with van der Waals surface area (Å²) in [6.45, 7) is 2.53. The second kappa shape index (κ2) is 8.50. The molecule has 1 N–H and O–H groups in total. The zero-order valence-electron chi connectivity index (χ0n) is 16.1. The molecule has 1 atom stereocenters. The lowest BCUT2D eigenvalue weighted by atomic mass is 10.2. The number of benzene rings is 2. The van der Waals surface area contributed by atoms with Crippen molar-refractivity contribution in [2.24, 2.45) is 0 Å². The highest BCUT2D eigenvalue weighted by atomic mass is 32.2. The maximum atomic E-state index is 12.7. The van der Waals surface area contributed by atoms with Crippen LogP contribution >= 0.6 is 11.8 Å². The number of nitrogens with zero attached hydrogens (tertiary/aromatic N) is 4. The normalized spacial score (nSPS) is 14.2. The smallest absolute Gasteiger partial charge is 0.237 e. The number of nitriles is 1. The number of hydrogen-bond acceptors (Lipinski definition) is 5. The number of para-hydroxylation sites is 1. The third kappa shape index (κ3) is 4.49. The van der Waals surface area contributed by atoms with Gasteiger partial charge in [0.05, 0.1) is 23.0 Å². The summed E-state index contributed by atoms with van der Waals surface area (Å²) in [7, 11) is 0. The van der Waals surface area contributed by atoms with Gasteiger partial charge in [0.2, 0.25) is 5.91 Å². The molecule has 0 radical (unpaired) electrons. The van der Waals surface area contributed by atoms with Crippen LogP contribution < -0.4 is 5.32 Å². The van der Waals surface area contributed by atoms with Crippen molar-refractivity contribution in [2.75, 3.05) is 5.32 Å². The van der Waals surface area contributed by atoms with Crippen LogP contribution in [0.2, 0.25) is 0 Å². The number of nitrogens with one attached hydrogen (secondary N) is 1. The Morgan fingerprint density at radius 3 is 2.66 bits per heavy atom. The molecular weight excluding hydrogens is 382 g/mol. The molecule has 0 aliphatic heterocycles. The van der Waals surface area contributed by atoms with Crippen LogP contribution in [0.3, 0.4) is 0 Å². The highest BCUT2D eigenvalue weighted by molar-refractivity contribution is 8.00. The predicted octanol–water partition coefficient (Wildman–Crippen LogP) is 4.19. The molecule has 3 aromatic rings. The minimum Gasteiger partial charge on any atom is -0.324 e. The van der Waals surface area contributed by atoms with E-state index in [1.54, 1.807) is 24.3 Å². The van der Waals surface area contributed by atoms with Crippen molar-refractivity contribution in [1.82, 2.24) is 14.8 Å². The van der Waals surface area contributed by atoms with Gasteiger partial charge >= 0.3 is 0 Å². The Labute approximate surface area is 174 Å². The fourth-order valence-corrected chi connectivity index (χ4v) is 3.94. The maximum absolute atomic E-state index is 12.7. The number of hydrogen-bond donors (Lipinski definition) is 1. The van der Waals surface area contributed by atoms with E-state index in [4.69, 9.17) is 0 Å². The third-order valence-electron chi connectivity index (χ3n) is 4.83. The van der Waals surface area contributed by atoms with Crippen LogP contribution in [0.5, 0.6) is 0 Å². The van der Waals surface area contributed by atoms with Crippen LogP contribution in [0, 0.1) is 11.3 Å². The first-order valence-electron chi connectivity index (χ1n) is 9.59. The van der Waals surface area contributed by atoms with Gasteiger partial charge in [-0.25, -0.2) is 0 Å². The van der Waals surface area contributed by atoms with Gasteiger partial charge in [-0.05, 0) is 37.5 Å². The molecule has 2 aromatic carbocycles. The largest absolute Gasteiger partial charge is 0.324 e. The highest BCUT2D eigenvalue weighted by Gasteiger charge is 2.31. The SMILES string of the molecule is C[C@H](Sc1nnc(C2CC2)n1Cc1ccccc1)C(=O)Nc1ccccc1C#N. The summed E-state index contributed by atoms with van der Waals surface area (Å²) in [4.78, 5) is 12.7. The van der Waals surface area contributed by atoms with Gasteiger partial charge in [-0.1, -0.05) is 54.2 Å². The maximum Gasteiger partial charge on any atom is 0.237 e. The van der Waals surface area contributed by atoms with Crippen molar-refractivity contribution in [3.63, 3.8) is 0 Å². The summed E-state index contributed by atoms with van der Waals surface area (Å²) in [6.07, 6.45) is 2.27. The molecule has 29 heavy (non-hydrogen) atoms. The quantitative estimate of drug-likeness (QED) is 0.598.